The minimum atomic E-state index is 0.308. The van der Waals surface area contributed by atoms with Gasteiger partial charge in [0, 0.05) is 11.4 Å². The third-order valence-corrected chi connectivity index (χ3v) is 6.18. The summed E-state index contributed by atoms with van der Waals surface area (Å²) in [6.45, 7) is 6.55. The van der Waals surface area contributed by atoms with Crippen molar-refractivity contribution < 1.29 is 4.74 Å². The highest BCUT2D eigenvalue weighted by atomic mass is 127. The summed E-state index contributed by atoms with van der Waals surface area (Å²) in [5.41, 5.74) is 0.969. The Morgan fingerprint density at radius 2 is 2.26 bits per heavy atom. The van der Waals surface area contributed by atoms with Crippen molar-refractivity contribution in [2.24, 2.45) is 0 Å². The Labute approximate surface area is 134 Å². The van der Waals surface area contributed by atoms with E-state index < -0.39 is 0 Å². The summed E-state index contributed by atoms with van der Waals surface area (Å²) in [7, 11) is 0. The zero-order valence-electron chi connectivity index (χ0n) is 10.6. The Morgan fingerprint density at radius 3 is 3.00 bits per heavy atom. The zero-order chi connectivity index (χ0) is 13.6. The third-order valence-electron chi connectivity index (χ3n) is 3.23. The molecule has 1 fully saturated rings. The maximum atomic E-state index is 6.09. The first-order valence-corrected chi connectivity index (χ1v) is 8.31. The lowest BCUT2D eigenvalue weighted by Gasteiger charge is -2.34. The molecule has 102 valence electrons. The van der Waals surface area contributed by atoms with E-state index in [0.29, 0.717) is 11.3 Å². The molecule has 1 aliphatic heterocycles. The van der Waals surface area contributed by atoms with Gasteiger partial charge in [-0.05, 0) is 48.0 Å². The molecule has 0 aromatic carbocycles. The van der Waals surface area contributed by atoms with E-state index in [1.807, 2.05) is 0 Å². The monoisotopic (exact) mass is 409 g/mol. The molecule has 0 amide bonds. The second-order valence-corrected chi connectivity index (χ2v) is 7.23. The number of rotatable bonds is 1. The molecule has 1 saturated heterocycles. The maximum absolute atomic E-state index is 6.09. The summed E-state index contributed by atoms with van der Waals surface area (Å²) < 4.78 is 7.78. The summed E-state index contributed by atoms with van der Waals surface area (Å²) in [4.78, 5) is 12.4. The highest BCUT2D eigenvalue weighted by Crippen LogP contribution is 2.37. The molecule has 1 aliphatic rings. The lowest BCUT2D eigenvalue weighted by molar-refractivity contribution is 0.0987. The Hall–Kier alpha value is -0.180. The number of nitrogens with zero attached hydrogens (tertiary/aromatic N) is 3. The van der Waals surface area contributed by atoms with Gasteiger partial charge in [0.15, 0.2) is 5.82 Å². The number of fused-ring (bicyclic) bond motifs is 1. The molecule has 0 N–H and O–H groups in total. The molecule has 0 spiro atoms. The number of morpholine rings is 1. The molecule has 0 unspecified atom stereocenters. The standard InChI is InChI=1S/C12H13ClIN3OS/c1-6-5-18-4-3-17(6)11-10-9(15-12(13)16-11)8(14)7(2)19-10/h6H,3-5H2,1-2H3/t6-/m1/s1. The second-order valence-electron chi connectivity index (χ2n) is 4.58. The third kappa shape index (κ3) is 2.43. The number of hydrogen-bond acceptors (Lipinski definition) is 5. The van der Waals surface area contributed by atoms with Crippen LogP contribution in [0, 0.1) is 10.5 Å². The Bertz CT molecular complexity index is 633. The van der Waals surface area contributed by atoms with Crippen LogP contribution in [0.5, 0.6) is 0 Å². The Kier molecular flexibility index (Phi) is 3.85. The fourth-order valence-electron chi connectivity index (χ4n) is 2.26. The Balaban J connectivity index is 2.19. The van der Waals surface area contributed by atoms with Crippen LogP contribution in [-0.4, -0.2) is 35.8 Å². The van der Waals surface area contributed by atoms with E-state index in [4.69, 9.17) is 16.3 Å². The van der Waals surface area contributed by atoms with Gasteiger partial charge in [-0.25, -0.2) is 4.98 Å². The molecule has 3 heterocycles. The smallest absolute Gasteiger partial charge is 0.225 e. The zero-order valence-corrected chi connectivity index (χ0v) is 14.3. The van der Waals surface area contributed by atoms with Crippen molar-refractivity contribution in [1.29, 1.82) is 0 Å². The fourth-order valence-corrected chi connectivity index (χ4v) is 4.32. The predicted molar refractivity (Wildman–Crippen MR) is 87.5 cm³/mol. The number of ether oxygens (including phenoxy) is 1. The van der Waals surface area contributed by atoms with Crippen molar-refractivity contribution >= 4 is 61.6 Å². The average molecular weight is 410 g/mol. The van der Waals surface area contributed by atoms with E-state index in [9.17, 15) is 0 Å². The van der Waals surface area contributed by atoms with Crippen LogP contribution in [0.25, 0.3) is 10.2 Å². The van der Waals surface area contributed by atoms with Crippen LogP contribution in [0.4, 0.5) is 5.82 Å². The van der Waals surface area contributed by atoms with E-state index in [1.54, 1.807) is 11.3 Å². The molecule has 7 heteroatoms. The largest absolute Gasteiger partial charge is 0.377 e. The van der Waals surface area contributed by atoms with E-state index >= 15 is 0 Å². The molecule has 3 rings (SSSR count). The molecule has 19 heavy (non-hydrogen) atoms. The van der Waals surface area contributed by atoms with E-state index in [-0.39, 0.29) is 0 Å². The van der Waals surface area contributed by atoms with E-state index in [1.165, 1.54) is 8.45 Å². The molecule has 0 aliphatic carbocycles. The van der Waals surface area contributed by atoms with Crippen LogP contribution >= 0.6 is 45.5 Å². The number of aromatic nitrogens is 2. The second kappa shape index (κ2) is 5.31. The first kappa shape index (κ1) is 13.8. The van der Waals surface area contributed by atoms with Crippen LogP contribution < -0.4 is 4.90 Å². The first-order valence-electron chi connectivity index (χ1n) is 6.04. The molecule has 4 nitrogen and oxygen atoms in total. The number of halogens is 2. The highest BCUT2D eigenvalue weighted by Gasteiger charge is 2.25. The van der Waals surface area contributed by atoms with Gasteiger partial charge in [0.05, 0.1) is 27.5 Å². The van der Waals surface area contributed by atoms with Gasteiger partial charge in [-0.15, -0.1) is 11.3 Å². The molecule has 0 saturated carbocycles. The predicted octanol–water partition coefficient (Wildman–Crippen LogP) is 3.48. The highest BCUT2D eigenvalue weighted by molar-refractivity contribution is 14.1. The van der Waals surface area contributed by atoms with Gasteiger partial charge < -0.3 is 9.64 Å². The molecule has 2 aromatic heterocycles. The quantitative estimate of drug-likeness (QED) is 0.534. The SMILES string of the molecule is Cc1sc2c(N3CCOC[C@H]3C)nc(Cl)nc2c1I. The lowest BCUT2D eigenvalue weighted by atomic mass is 10.2. The molecular formula is C12H13ClIN3OS. The van der Waals surface area contributed by atoms with Gasteiger partial charge in [0.25, 0.3) is 0 Å². The first-order chi connectivity index (χ1) is 9.08. The van der Waals surface area contributed by atoms with Crippen molar-refractivity contribution in [3.05, 3.63) is 13.7 Å². The summed E-state index contributed by atoms with van der Waals surface area (Å²) in [5.74, 6) is 0.946. The van der Waals surface area contributed by atoms with Crippen molar-refractivity contribution in [3.63, 3.8) is 0 Å². The van der Waals surface area contributed by atoms with Gasteiger partial charge in [-0.2, -0.15) is 4.98 Å². The lowest BCUT2D eigenvalue weighted by Crippen LogP contribution is -2.44. The van der Waals surface area contributed by atoms with Crippen molar-refractivity contribution in [1.82, 2.24) is 9.97 Å². The van der Waals surface area contributed by atoms with Gasteiger partial charge in [0.2, 0.25) is 5.28 Å². The summed E-state index contributed by atoms with van der Waals surface area (Å²) >= 11 is 10.2. The number of aryl methyl sites for hydroxylation is 1. The number of anilines is 1. The van der Waals surface area contributed by atoms with Gasteiger partial charge in [0.1, 0.15) is 5.52 Å². The Morgan fingerprint density at radius 1 is 1.47 bits per heavy atom. The molecule has 0 radical (unpaired) electrons. The fraction of sp³-hybridized carbons (Fsp3) is 0.500. The minimum Gasteiger partial charge on any atom is -0.377 e. The summed E-state index contributed by atoms with van der Waals surface area (Å²) in [6, 6.07) is 0.308. The maximum Gasteiger partial charge on any atom is 0.225 e. The van der Waals surface area contributed by atoms with Crippen LogP contribution in [0.15, 0.2) is 0 Å². The average Bonchev–Trinajstić information content (AvgIpc) is 2.66. The minimum absolute atomic E-state index is 0.308. The topological polar surface area (TPSA) is 38.2 Å². The van der Waals surface area contributed by atoms with Crippen LogP contribution in [0.1, 0.15) is 11.8 Å². The molecule has 1 atom stereocenters. The normalized spacial score (nSPS) is 20.2. The summed E-state index contributed by atoms with van der Waals surface area (Å²) in [6.07, 6.45) is 0. The van der Waals surface area contributed by atoms with Crippen molar-refractivity contribution in [2.75, 3.05) is 24.7 Å². The molecule has 0 bridgehead atoms. The van der Waals surface area contributed by atoms with E-state index in [2.05, 4.69) is 51.3 Å². The van der Waals surface area contributed by atoms with Crippen LogP contribution in [-0.2, 0) is 4.74 Å². The molecular weight excluding hydrogens is 397 g/mol. The summed E-state index contributed by atoms with van der Waals surface area (Å²) in [5, 5.41) is 0.317. The van der Waals surface area contributed by atoms with E-state index in [0.717, 1.165) is 35.8 Å². The van der Waals surface area contributed by atoms with Crippen molar-refractivity contribution in [2.45, 2.75) is 19.9 Å². The van der Waals surface area contributed by atoms with Crippen molar-refractivity contribution in [3.8, 4) is 0 Å². The van der Waals surface area contributed by atoms with Gasteiger partial charge in [-0.3, -0.25) is 0 Å². The number of thiophene rings is 1. The molecule has 2 aromatic rings. The van der Waals surface area contributed by atoms with Crippen LogP contribution in [0.3, 0.4) is 0 Å². The van der Waals surface area contributed by atoms with Gasteiger partial charge >= 0.3 is 0 Å². The van der Waals surface area contributed by atoms with Crippen LogP contribution in [0.2, 0.25) is 5.28 Å². The number of hydrogen-bond donors (Lipinski definition) is 0. The van der Waals surface area contributed by atoms with Gasteiger partial charge in [-0.1, -0.05) is 0 Å².